The number of unbranched alkanes of at least 4 members (excludes halogenated alkanes) is 3. The van der Waals surface area contributed by atoms with Crippen molar-refractivity contribution in [2.24, 2.45) is 0 Å². The Morgan fingerprint density at radius 1 is 0.943 bits per heavy atom. The number of carbonyl (C=O) groups excluding carboxylic acids is 1. The highest BCUT2D eigenvalue weighted by molar-refractivity contribution is 5.95. The second-order valence-electron chi connectivity index (χ2n) is 9.03. The summed E-state index contributed by atoms with van der Waals surface area (Å²) in [7, 11) is 0. The zero-order valence-corrected chi connectivity index (χ0v) is 20.0. The van der Waals surface area contributed by atoms with Crippen LogP contribution in [0.5, 0.6) is 5.75 Å². The van der Waals surface area contributed by atoms with E-state index < -0.39 is 11.8 Å². The monoisotopic (exact) mass is 477 g/mol. The third kappa shape index (κ3) is 5.89. The molecular formula is C29H32FNO4. The number of aliphatic hydroxyl groups is 2. The lowest BCUT2D eigenvalue weighted by Gasteiger charge is -2.36. The molecule has 184 valence electrons. The second-order valence-corrected chi connectivity index (χ2v) is 9.03. The molecule has 0 unspecified atom stereocenters. The summed E-state index contributed by atoms with van der Waals surface area (Å²) in [6, 6.07) is 19.5. The molecule has 1 fully saturated rings. The van der Waals surface area contributed by atoms with Gasteiger partial charge in [0.15, 0.2) is 0 Å². The van der Waals surface area contributed by atoms with Crippen molar-refractivity contribution in [3.63, 3.8) is 0 Å². The molecule has 1 amide bonds. The highest BCUT2D eigenvalue weighted by atomic mass is 19.1. The van der Waals surface area contributed by atoms with E-state index in [1.807, 2.05) is 0 Å². The predicted molar refractivity (Wildman–Crippen MR) is 133 cm³/mol. The van der Waals surface area contributed by atoms with Gasteiger partial charge in [-0.3, -0.25) is 9.69 Å². The molecule has 1 aliphatic rings. The third-order valence-corrected chi connectivity index (χ3v) is 6.28. The van der Waals surface area contributed by atoms with E-state index in [1.54, 1.807) is 60.7 Å². The summed E-state index contributed by atoms with van der Waals surface area (Å²) in [4.78, 5) is 14.6. The summed E-state index contributed by atoms with van der Waals surface area (Å²) in [5.74, 6) is -2.94. The van der Waals surface area contributed by atoms with Crippen molar-refractivity contribution in [1.29, 1.82) is 0 Å². The van der Waals surface area contributed by atoms with Crippen molar-refractivity contribution >= 4 is 5.91 Å². The lowest BCUT2D eigenvalue weighted by atomic mass is 10.0. The Kier molecular flexibility index (Phi) is 7.83. The lowest BCUT2D eigenvalue weighted by Crippen LogP contribution is -2.51. The van der Waals surface area contributed by atoms with E-state index in [4.69, 9.17) is 4.74 Å². The third-order valence-electron chi connectivity index (χ3n) is 6.28. The van der Waals surface area contributed by atoms with Crippen molar-refractivity contribution in [3.05, 3.63) is 89.7 Å². The molecule has 1 saturated carbocycles. The maximum Gasteiger partial charge on any atom is 0.281 e. The molecule has 2 N–H and O–H groups in total. The van der Waals surface area contributed by atoms with Crippen molar-refractivity contribution in [1.82, 2.24) is 4.90 Å². The van der Waals surface area contributed by atoms with Crippen LogP contribution in [0.2, 0.25) is 0 Å². The first-order chi connectivity index (χ1) is 16.9. The molecule has 0 atom stereocenters. The smallest absolute Gasteiger partial charge is 0.281 e. The normalized spacial score (nSPS) is 13.5. The molecule has 4 rings (SSSR count). The molecule has 6 heteroatoms. The standard InChI is InChI=1S/C29H32FNO4/c1-2-3-4-7-20-35-27-9-6-5-8-26(27)29(33,34)31(25-18-19-25)28(32)23-12-10-21(11-13-23)22-14-16-24(30)17-15-22/h5-6,8-17,25,33-34H,2-4,7,18-20H2,1H3. The van der Waals surface area contributed by atoms with Crippen molar-refractivity contribution in [2.45, 2.75) is 57.4 Å². The largest absolute Gasteiger partial charge is 0.493 e. The van der Waals surface area contributed by atoms with Gasteiger partial charge in [-0.1, -0.05) is 62.6 Å². The first kappa shape index (κ1) is 24.9. The Morgan fingerprint density at radius 3 is 2.20 bits per heavy atom. The minimum absolute atomic E-state index is 0.152. The maximum atomic E-state index is 13.5. The summed E-state index contributed by atoms with van der Waals surface area (Å²) >= 11 is 0. The van der Waals surface area contributed by atoms with Gasteiger partial charge in [-0.2, -0.15) is 0 Å². The van der Waals surface area contributed by atoms with Gasteiger partial charge in [-0.15, -0.1) is 0 Å². The van der Waals surface area contributed by atoms with Crippen LogP contribution >= 0.6 is 0 Å². The molecule has 0 aliphatic heterocycles. The molecule has 3 aromatic rings. The summed E-state index contributed by atoms with van der Waals surface area (Å²) in [6.07, 6.45) is 5.56. The van der Waals surface area contributed by atoms with E-state index in [1.165, 1.54) is 12.1 Å². The van der Waals surface area contributed by atoms with Gasteiger partial charge in [0, 0.05) is 11.6 Å². The molecular weight excluding hydrogens is 445 g/mol. The zero-order valence-electron chi connectivity index (χ0n) is 20.0. The van der Waals surface area contributed by atoms with Crippen LogP contribution < -0.4 is 4.74 Å². The Hall–Kier alpha value is -3.22. The highest BCUT2D eigenvalue weighted by Crippen LogP contribution is 2.40. The summed E-state index contributed by atoms with van der Waals surface area (Å²) in [5.41, 5.74) is 2.15. The number of benzene rings is 3. The van der Waals surface area contributed by atoms with Crippen LogP contribution in [0.25, 0.3) is 11.1 Å². The average Bonchev–Trinajstić information content (AvgIpc) is 3.69. The Balaban J connectivity index is 1.55. The summed E-state index contributed by atoms with van der Waals surface area (Å²) in [6.45, 7) is 2.61. The molecule has 0 saturated heterocycles. The topological polar surface area (TPSA) is 70.0 Å². The fraction of sp³-hybridized carbons (Fsp3) is 0.345. The van der Waals surface area contributed by atoms with Crippen LogP contribution in [0.15, 0.2) is 72.8 Å². The predicted octanol–water partition coefficient (Wildman–Crippen LogP) is 5.85. The molecule has 5 nitrogen and oxygen atoms in total. The fourth-order valence-corrected chi connectivity index (χ4v) is 4.19. The van der Waals surface area contributed by atoms with Crippen LogP contribution in [0.4, 0.5) is 4.39 Å². The van der Waals surface area contributed by atoms with Crippen molar-refractivity contribution in [3.8, 4) is 16.9 Å². The van der Waals surface area contributed by atoms with Crippen LogP contribution in [-0.4, -0.2) is 33.7 Å². The number of hydrogen-bond acceptors (Lipinski definition) is 4. The fourth-order valence-electron chi connectivity index (χ4n) is 4.19. The van der Waals surface area contributed by atoms with Gasteiger partial charge in [-0.25, -0.2) is 4.39 Å². The Morgan fingerprint density at radius 2 is 1.57 bits per heavy atom. The first-order valence-electron chi connectivity index (χ1n) is 12.3. The van der Waals surface area contributed by atoms with Gasteiger partial charge in [0.05, 0.1) is 12.2 Å². The van der Waals surface area contributed by atoms with Crippen LogP contribution in [0, 0.1) is 5.82 Å². The molecule has 0 bridgehead atoms. The van der Waals surface area contributed by atoms with E-state index >= 15 is 0 Å². The Labute approximate surface area is 205 Å². The van der Waals surface area contributed by atoms with Crippen molar-refractivity contribution < 1.29 is 24.1 Å². The average molecular weight is 478 g/mol. The molecule has 35 heavy (non-hydrogen) atoms. The molecule has 0 heterocycles. The van der Waals surface area contributed by atoms with Crippen LogP contribution in [0.3, 0.4) is 0 Å². The number of nitrogens with zero attached hydrogens (tertiary/aromatic N) is 1. The number of halogens is 1. The summed E-state index contributed by atoms with van der Waals surface area (Å²) in [5, 5.41) is 22.6. The number of carbonyl (C=O) groups is 1. The molecule has 0 spiro atoms. The van der Waals surface area contributed by atoms with Gasteiger partial charge in [-0.05, 0) is 66.8 Å². The Bertz CT molecular complexity index is 1120. The van der Waals surface area contributed by atoms with E-state index in [9.17, 15) is 19.4 Å². The minimum atomic E-state index is -2.52. The van der Waals surface area contributed by atoms with Crippen LogP contribution in [-0.2, 0) is 5.91 Å². The van der Waals surface area contributed by atoms with Gasteiger partial charge >= 0.3 is 0 Å². The summed E-state index contributed by atoms with van der Waals surface area (Å²) < 4.78 is 19.1. The van der Waals surface area contributed by atoms with Crippen LogP contribution in [0.1, 0.15) is 61.4 Å². The second kappa shape index (κ2) is 11.0. The van der Waals surface area contributed by atoms with E-state index in [-0.39, 0.29) is 17.4 Å². The number of ether oxygens (including phenoxy) is 1. The van der Waals surface area contributed by atoms with E-state index in [0.717, 1.165) is 41.7 Å². The van der Waals surface area contributed by atoms with Gasteiger partial charge in [0.25, 0.3) is 11.8 Å². The maximum absolute atomic E-state index is 13.5. The molecule has 1 aliphatic carbocycles. The lowest BCUT2D eigenvalue weighted by molar-refractivity contribution is -0.259. The number of amides is 1. The van der Waals surface area contributed by atoms with Gasteiger partial charge < -0.3 is 14.9 Å². The number of para-hydroxylation sites is 1. The number of hydrogen-bond donors (Lipinski definition) is 2. The van der Waals surface area contributed by atoms with E-state index in [2.05, 4.69) is 6.92 Å². The molecule has 0 aromatic heterocycles. The zero-order chi connectivity index (χ0) is 24.8. The molecule has 3 aromatic carbocycles. The van der Waals surface area contributed by atoms with Crippen molar-refractivity contribution in [2.75, 3.05) is 6.61 Å². The number of rotatable bonds is 11. The van der Waals surface area contributed by atoms with Gasteiger partial charge in [0.2, 0.25) is 0 Å². The van der Waals surface area contributed by atoms with Gasteiger partial charge in [0.1, 0.15) is 11.6 Å². The quantitative estimate of drug-likeness (QED) is 0.268. The first-order valence-corrected chi connectivity index (χ1v) is 12.3. The minimum Gasteiger partial charge on any atom is -0.493 e. The SMILES string of the molecule is CCCCCCOc1ccccc1C(O)(O)N(C(=O)c1ccc(-c2ccc(F)cc2)cc1)C1CC1. The highest BCUT2D eigenvalue weighted by Gasteiger charge is 2.48. The van der Waals surface area contributed by atoms with E-state index in [0.29, 0.717) is 30.8 Å². The molecule has 0 radical (unpaired) electrons.